The van der Waals surface area contributed by atoms with Crippen LogP contribution in [-0.2, 0) is 0 Å². The summed E-state index contributed by atoms with van der Waals surface area (Å²) >= 11 is 0. The van der Waals surface area contributed by atoms with Crippen LogP contribution in [0.15, 0.2) is 47.0 Å². The summed E-state index contributed by atoms with van der Waals surface area (Å²) in [5, 5.41) is 13.3. The second-order valence-electron chi connectivity index (χ2n) is 4.00. The molecule has 0 aliphatic carbocycles. The number of carbonyl (C=O) groups is 1. The molecule has 94 valence electrons. The van der Waals surface area contributed by atoms with Crippen molar-refractivity contribution in [3.05, 3.63) is 53.8 Å². The second kappa shape index (κ2) is 4.20. The Morgan fingerprint density at radius 2 is 1.89 bits per heavy atom. The van der Waals surface area contributed by atoms with Gasteiger partial charge in [-0.1, -0.05) is 35.5 Å². The predicted molar refractivity (Wildman–Crippen MR) is 66.4 cm³/mol. The molecule has 0 spiro atoms. The van der Waals surface area contributed by atoms with Crippen LogP contribution in [0.1, 0.15) is 10.4 Å². The maximum atomic E-state index is 13.5. The molecule has 0 amide bonds. The molecule has 0 aliphatic rings. The average Bonchev–Trinajstić information content (AvgIpc) is 2.82. The fourth-order valence-electron chi connectivity index (χ4n) is 1.98. The van der Waals surface area contributed by atoms with E-state index in [0.29, 0.717) is 11.1 Å². The van der Waals surface area contributed by atoms with Crippen molar-refractivity contribution in [3.8, 4) is 11.3 Å². The van der Waals surface area contributed by atoms with Crippen molar-refractivity contribution in [2.24, 2.45) is 0 Å². The van der Waals surface area contributed by atoms with Gasteiger partial charge in [0.25, 0.3) is 0 Å². The van der Waals surface area contributed by atoms with Gasteiger partial charge in [-0.2, -0.15) is 0 Å². The molecule has 0 fully saturated rings. The largest absolute Gasteiger partial charge is 0.477 e. The van der Waals surface area contributed by atoms with Crippen molar-refractivity contribution in [1.29, 1.82) is 0 Å². The summed E-state index contributed by atoms with van der Waals surface area (Å²) in [6.07, 6.45) is 0. The molecule has 0 saturated carbocycles. The quantitative estimate of drug-likeness (QED) is 0.764. The summed E-state index contributed by atoms with van der Waals surface area (Å²) in [6, 6.07) is 11.7. The molecule has 1 N–H and O–H groups in total. The fourth-order valence-corrected chi connectivity index (χ4v) is 1.98. The first-order chi connectivity index (χ1) is 9.18. The highest BCUT2D eigenvalue weighted by molar-refractivity contribution is 6.04. The van der Waals surface area contributed by atoms with Crippen molar-refractivity contribution >= 4 is 16.9 Å². The minimum atomic E-state index is -1.38. The summed E-state index contributed by atoms with van der Waals surface area (Å²) < 4.78 is 18.5. The normalized spacial score (nSPS) is 10.8. The summed E-state index contributed by atoms with van der Waals surface area (Å²) in [4.78, 5) is 11.1. The maximum Gasteiger partial charge on any atom is 0.342 e. The Kier molecular flexibility index (Phi) is 2.52. The first-order valence-corrected chi connectivity index (χ1v) is 5.55. The molecule has 1 heterocycles. The van der Waals surface area contributed by atoms with Gasteiger partial charge >= 0.3 is 5.97 Å². The lowest BCUT2D eigenvalue weighted by atomic mass is 10.1. The Morgan fingerprint density at radius 3 is 2.58 bits per heavy atom. The van der Waals surface area contributed by atoms with Gasteiger partial charge < -0.3 is 9.63 Å². The van der Waals surface area contributed by atoms with Crippen molar-refractivity contribution in [2.75, 3.05) is 0 Å². The number of aromatic carboxylic acids is 1. The van der Waals surface area contributed by atoms with Crippen LogP contribution < -0.4 is 0 Å². The van der Waals surface area contributed by atoms with E-state index in [2.05, 4.69) is 5.16 Å². The molecule has 3 aromatic rings. The second-order valence-corrected chi connectivity index (χ2v) is 4.00. The SMILES string of the molecule is O=C(O)c1c(F)ccc2c(-c3ccccc3)noc12. The number of fused-ring (bicyclic) bond motifs is 1. The van der Waals surface area contributed by atoms with E-state index in [1.54, 1.807) is 0 Å². The van der Waals surface area contributed by atoms with E-state index in [9.17, 15) is 9.18 Å². The molecule has 0 atom stereocenters. The van der Waals surface area contributed by atoms with Crippen LogP contribution in [0.25, 0.3) is 22.2 Å². The van der Waals surface area contributed by atoms with Crippen molar-refractivity contribution < 1.29 is 18.8 Å². The van der Waals surface area contributed by atoms with E-state index in [4.69, 9.17) is 9.63 Å². The highest BCUT2D eigenvalue weighted by Crippen LogP contribution is 2.30. The van der Waals surface area contributed by atoms with Crippen LogP contribution in [0.3, 0.4) is 0 Å². The molecule has 1 aromatic heterocycles. The van der Waals surface area contributed by atoms with E-state index >= 15 is 0 Å². The van der Waals surface area contributed by atoms with E-state index in [0.717, 1.165) is 11.6 Å². The Hall–Kier alpha value is -2.69. The fraction of sp³-hybridized carbons (Fsp3) is 0. The van der Waals surface area contributed by atoms with Crippen LogP contribution in [0.5, 0.6) is 0 Å². The third-order valence-electron chi connectivity index (χ3n) is 2.85. The lowest BCUT2D eigenvalue weighted by Crippen LogP contribution is -2.00. The zero-order chi connectivity index (χ0) is 13.4. The number of hydrogen-bond acceptors (Lipinski definition) is 3. The van der Waals surface area contributed by atoms with E-state index in [-0.39, 0.29) is 5.58 Å². The number of aromatic nitrogens is 1. The standard InChI is InChI=1S/C14H8FNO3/c15-10-7-6-9-12(8-4-2-1-3-5-8)16-19-13(9)11(10)14(17)18/h1-7H,(H,17,18). The van der Waals surface area contributed by atoms with Crippen LogP contribution in [-0.4, -0.2) is 16.2 Å². The summed E-state index contributed by atoms with van der Waals surface area (Å²) in [5.41, 5.74) is 0.737. The van der Waals surface area contributed by atoms with E-state index in [1.165, 1.54) is 6.07 Å². The first kappa shape index (κ1) is 11.4. The van der Waals surface area contributed by atoms with Gasteiger partial charge in [-0.25, -0.2) is 9.18 Å². The molecule has 4 nitrogen and oxygen atoms in total. The van der Waals surface area contributed by atoms with Crippen LogP contribution in [0.2, 0.25) is 0 Å². The first-order valence-electron chi connectivity index (χ1n) is 5.55. The van der Waals surface area contributed by atoms with Gasteiger partial charge in [-0.05, 0) is 12.1 Å². The van der Waals surface area contributed by atoms with Crippen LogP contribution >= 0.6 is 0 Å². The molecular formula is C14H8FNO3. The van der Waals surface area contributed by atoms with Gasteiger partial charge in [-0.15, -0.1) is 0 Å². The third-order valence-corrected chi connectivity index (χ3v) is 2.85. The average molecular weight is 257 g/mol. The smallest absolute Gasteiger partial charge is 0.342 e. The van der Waals surface area contributed by atoms with Crippen molar-refractivity contribution in [1.82, 2.24) is 5.16 Å². The Bertz CT molecular complexity index is 765. The number of hydrogen-bond donors (Lipinski definition) is 1. The number of nitrogens with zero attached hydrogens (tertiary/aromatic N) is 1. The molecule has 2 aromatic carbocycles. The molecule has 0 saturated heterocycles. The van der Waals surface area contributed by atoms with Crippen LogP contribution in [0, 0.1) is 5.82 Å². The van der Waals surface area contributed by atoms with Gasteiger partial charge in [0.2, 0.25) is 0 Å². The predicted octanol–water partition coefficient (Wildman–Crippen LogP) is 3.33. The number of halogens is 1. The topological polar surface area (TPSA) is 63.3 Å². The summed E-state index contributed by atoms with van der Waals surface area (Å²) in [5.74, 6) is -2.21. The van der Waals surface area contributed by atoms with E-state index in [1.807, 2.05) is 30.3 Å². The molecule has 19 heavy (non-hydrogen) atoms. The van der Waals surface area contributed by atoms with Crippen LogP contribution in [0.4, 0.5) is 4.39 Å². The number of carboxylic acids is 1. The van der Waals surface area contributed by atoms with Gasteiger partial charge in [-0.3, -0.25) is 0 Å². The minimum absolute atomic E-state index is 0.0497. The lowest BCUT2D eigenvalue weighted by molar-refractivity contribution is 0.0692. The Balaban J connectivity index is 2.32. The maximum absolute atomic E-state index is 13.5. The number of carboxylic acid groups (broad SMARTS) is 1. The van der Waals surface area contributed by atoms with Crippen molar-refractivity contribution in [3.63, 3.8) is 0 Å². The van der Waals surface area contributed by atoms with E-state index < -0.39 is 17.3 Å². The van der Waals surface area contributed by atoms with Gasteiger partial charge in [0.1, 0.15) is 17.1 Å². The zero-order valence-electron chi connectivity index (χ0n) is 9.63. The molecule has 3 rings (SSSR count). The highest BCUT2D eigenvalue weighted by atomic mass is 19.1. The zero-order valence-corrected chi connectivity index (χ0v) is 9.63. The molecule has 0 radical (unpaired) electrons. The lowest BCUT2D eigenvalue weighted by Gasteiger charge is -1.98. The van der Waals surface area contributed by atoms with Gasteiger partial charge in [0.05, 0.1) is 5.39 Å². The molecule has 0 unspecified atom stereocenters. The number of rotatable bonds is 2. The Labute approximate surface area is 107 Å². The molecule has 5 heteroatoms. The number of benzene rings is 2. The molecular weight excluding hydrogens is 249 g/mol. The Morgan fingerprint density at radius 1 is 1.16 bits per heavy atom. The minimum Gasteiger partial charge on any atom is -0.477 e. The highest BCUT2D eigenvalue weighted by Gasteiger charge is 2.21. The van der Waals surface area contributed by atoms with Gasteiger partial charge in [0.15, 0.2) is 5.58 Å². The summed E-state index contributed by atoms with van der Waals surface area (Å²) in [6.45, 7) is 0. The monoisotopic (exact) mass is 257 g/mol. The van der Waals surface area contributed by atoms with Crippen molar-refractivity contribution in [2.45, 2.75) is 0 Å². The molecule has 0 aliphatic heterocycles. The molecule has 0 bridgehead atoms. The third kappa shape index (κ3) is 1.76. The van der Waals surface area contributed by atoms with Gasteiger partial charge in [0, 0.05) is 5.56 Å². The summed E-state index contributed by atoms with van der Waals surface area (Å²) in [7, 11) is 0.